The Balaban J connectivity index is 2.29. The Morgan fingerprint density at radius 1 is 1.00 bits per heavy atom. The van der Waals surface area contributed by atoms with Crippen molar-refractivity contribution in [2.45, 2.75) is 0 Å². The molecule has 0 amide bonds. The molecule has 0 heterocycles. The van der Waals surface area contributed by atoms with Crippen molar-refractivity contribution in [3.8, 4) is 5.75 Å². The van der Waals surface area contributed by atoms with Crippen LogP contribution in [0.5, 0.6) is 5.75 Å². The van der Waals surface area contributed by atoms with Crippen LogP contribution in [0.2, 0.25) is 0 Å². The van der Waals surface area contributed by atoms with E-state index in [-0.39, 0.29) is 0 Å². The minimum atomic E-state index is 0.875. The molecule has 0 saturated heterocycles. The number of rotatable bonds is 3. The topological polar surface area (TPSA) is 9.23 Å². The van der Waals surface area contributed by atoms with Crippen molar-refractivity contribution >= 4 is 28.1 Å². The van der Waals surface area contributed by atoms with Crippen molar-refractivity contribution in [2.75, 3.05) is 7.11 Å². The number of hydrogen-bond donors (Lipinski definition) is 0. The van der Waals surface area contributed by atoms with Crippen molar-refractivity contribution in [2.24, 2.45) is 0 Å². The standard InChI is InChI=1S/C15H13BrO/c1-17-15-10-9-14(16)11-13(15)8-7-12-5-3-2-4-6-12/h2-11H,1H3/b8-7+. The van der Waals surface area contributed by atoms with Gasteiger partial charge in [-0.1, -0.05) is 58.4 Å². The van der Waals surface area contributed by atoms with Gasteiger partial charge in [0.1, 0.15) is 5.75 Å². The van der Waals surface area contributed by atoms with Gasteiger partial charge in [-0.15, -0.1) is 0 Å². The van der Waals surface area contributed by atoms with Gasteiger partial charge in [0.25, 0.3) is 0 Å². The van der Waals surface area contributed by atoms with Crippen LogP contribution in [-0.2, 0) is 0 Å². The maximum Gasteiger partial charge on any atom is 0.126 e. The summed E-state index contributed by atoms with van der Waals surface area (Å²) in [6.07, 6.45) is 4.13. The summed E-state index contributed by atoms with van der Waals surface area (Å²) < 4.78 is 6.36. The first kappa shape index (κ1) is 11.9. The second-order valence-electron chi connectivity index (χ2n) is 3.63. The van der Waals surface area contributed by atoms with Crippen molar-refractivity contribution in [3.63, 3.8) is 0 Å². The van der Waals surface area contributed by atoms with Gasteiger partial charge < -0.3 is 4.74 Å². The second kappa shape index (κ2) is 5.69. The first-order valence-corrected chi connectivity index (χ1v) is 6.15. The smallest absolute Gasteiger partial charge is 0.126 e. The van der Waals surface area contributed by atoms with E-state index >= 15 is 0 Å². The summed E-state index contributed by atoms with van der Waals surface area (Å²) >= 11 is 3.46. The van der Waals surface area contributed by atoms with Crippen LogP contribution < -0.4 is 4.74 Å². The number of halogens is 1. The molecule has 2 aromatic carbocycles. The highest BCUT2D eigenvalue weighted by molar-refractivity contribution is 9.10. The van der Waals surface area contributed by atoms with Crippen LogP contribution in [0.15, 0.2) is 53.0 Å². The van der Waals surface area contributed by atoms with E-state index in [9.17, 15) is 0 Å². The molecule has 0 saturated carbocycles. The van der Waals surface area contributed by atoms with Crippen molar-refractivity contribution < 1.29 is 4.74 Å². The lowest BCUT2D eigenvalue weighted by Gasteiger charge is -2.04. The highest BCUT2D eigenvalue weighted by Gasteiger charge is 1.99. The van der Waals surface area contributed by atoms with Crippen LogP contribution in [0.25, 0.3) is 12.2 Å². The van der Waals surface area contributed by atoms with E-state index in [1.165, 1.54) is 5.56 Å². The number of ether oxygens (including phenoxy) is 1. The van der Waals surface area contributed by atoms with Gasteiger partial charge in [0.15, 0.2) is 0 Å². The molecule has 86 valence electrons. The number of methoxy groups -OCH3 is 1. The summed E-state index contributed by atoms with van der Waals surface area (Å²) in [6, 6.07) is 16.2. The molecule has 0 N–H and O–H groups in total. The maximum atomic E-state index is 5.32. The molecule has 0 radical (unpaired) electrons. The van der Waals surface area contributed by atoms with Gasteiger partial charge >= 0.3 is 0 Å². The first-order valence-electron chi connectivity index (χ1n) is 5.36. The molecule has 0 unspecified atom stereocenters. The molecule has 0 atom stereocenters. The van der Waals surface area contributed by atoms with E-state index < -0.39 is 0 Å². The largest absolute Gasteiger partial charge is 0.496 e. The molecular weight excluding hydrogens is 276 g/mol. The zero-order valence-electron chi connectivity index (χ0n) is 9.56. The van der Waals surface area contributed by atoms with Gasteiger partial charge in [0, 0.05) is 10.0 Å². The average Bonchev–Trinajstić information content (AvgIpc) is 2.38. The molecule has 0 aliphatic rings. The van der Waals surface area contributed by atoms with Gasteiger partial charge in [0.05, 0.1) is 7.11 Å². The normalized spacial score (nSPS) is 10.7. The third-order valence-corrected chi connectivity index (χ3v) is 2.94. The highest BCUT2D eigenvalue weighted by Crippen LogP contribution is 2.24. The summed E-state index contributed by atoms with van der Waals surface area (Å²) in [7, 11) is 1.68. The maximum absolute atomic E-state index is 5.32. The Hall–Kier alpha value is -1.54. The first-order chi connectivity index (χ1) is 8.29. The van der Waals surface area contributed by atoms with Gasteiger partial charge in [0.2, 0.25) is 0 Å². The summed E-state index contributed by atoms with van der Waals surface area (Å²) in [5.74, 6) is 0.875. The fourth-order valence-electron chi connectivity index (χ4n) is 1.59. The average molecular weight is 289 g/mol. The molecule has 0 aliphatic heterocycles. The minimum Gasteiger partial charge on any atom is -0.496 e. The number of hydrogen-bond acceptors (Lipinski definition) is 1. The summed E-state index contributed by atoms with van der Waals surface area (Å²) in [4.78, 5) is 0. The van der Waals surface area contributed by atoms with Crippen molar-refractivity contribution in [3.05, 3.63) is 64.1 Å². The van der Waals surface area contributed by atoms with Gasteiger partial charge in [-0.3, -0.25) is 0 Å². The second-order valence-corrected chi connectivity index (χ2v) is 4.55. The van der Waals surface area contributed by atoms with E-state index in [0.29, 0.717) is 0 Å². The fraction of sp³-hybridized carbons (Fsp3) is 0.0667. The SMILES string of the molecule is COc1ccc(Br)cc1/C=C/c1ccccc1. The predicted octanol–water partition coefficient (Wildman–Crippen LogP) is 4.63. The zero-order chi connectivity index (χ0) is 12.1. The molecule has 0 spiro atoms. The Labute approximate surface area is 110 Å². The van der Waals surface area contributed by atoms with E-state index in [1.807, 2.05) is 36.4 Å². The van der Waals surface area contributed by atoms with Crippen LogP contribution in [0.4, 0.5) is 0 Å². The van der Waals surface area contributed by atoms with Gasteiger partial charge in [-0.2, -0.15) is 0 Å². The zero-order valence-corrected chi connectivity index (χ0v) is 11.1. The molecule has 0 fully saturated rings. The van der Waals surface area contributed by atoms with Crippen LogP contribution in [0.3, 0.4) is 0 Å². The van der Waals surface area contributed by atoms with E-state index in [2.05, 4.69) is 40.2 Å². The van der Waals surface area contributed by atoms with Crippen LogP contribution in [0, 0.1) is 0 Å². The van der Waals surface area contributed by atoms with E-state index in [0.717, 1.165) is 15.8 Å². The third-order valence-electron chi connectivity index (χ3n) is 2.45. The number of benzene rings is 2. The Kier molecular flexibility index (Phi) is 3.99. The molecule has 0 aliphatic carbocycles. The fourth-order valence-corrected chi connectivity index (χ4v) is 1.96. The Bertz CT molecular complexity index is 518. The minimum absolute atomic E-state index is 0.875. The molecule has 2 rings (SSSR count). The summed E-state index contributed by atoms with van der Waals surface area (Å²) in [5, 5.41) is 0. The van der Waals surface area contributed by atoms with E-state index in [1.54, 1.807) is 7.11 Å². The van der Waals surface area contributed by atoms with Crippen molar-refractivity contribution in [1.82, 2.24) is 0 Å². The summed E-state index contributed by atoms with van der Waals surface area (Å²) in [5.41, 5.74) is 2.24. The van der Waals surface area contributed by atoms with E-state index in [4.69, 9.17) is 4.74 Å². The Morgan fingerprint density at radius 3 is 2.47 bits per heavy atom. The molecule has 17 heavy (non-hydrogen) atoms. The van der Waals surface area contributed by atoms with Crippen LogP contribution >= 0.6 is 15.9 Å². The molecule has 2 aromatic rings. The van der Waals surface area contributed by atoms with Gasteiger partial charge in [-0.25, -0.2) is 0 Å². The quantitative estimate of drug-likeness (QED) is 0.749. The summed E-state index contributed by atoms with van der Waals surface area (Å²) in [6.45, 7) is 0. The van der Waals surface area contributed by atoms with Crippen molar-refractivity contribution in [1.29, 1.82) is 0 Å². The van der Waals surface area contributed by atoms with Gasteiger partial charge in [-0.05, 0) is 23.8 Å². The monoisotopic (exact) mass is 288 g/mol. The predicted molar refractivity (Wildman–Crippen MR) is 76.1 cm³/mol. The Morgan fingerprint density at radius 2 is 1.76 bits per heavy atom. The lowest BCUT2D eigenvalue weighted by molar-refractivity contribution is 0.414. The molecule has 1 nitrogen and oxygen atoms in total. The molecule has 0 bridgehead atoms. The highest BCUT2D eigenvalue weighted by atomic mass is 79.9. The van der Waals surface area contributed by atoms with Crippen LogP contribution in [-0.4, -0.2) is 7.11 Å². The lowest BCUT2D eigenvalue weighted by atomic mass is 10.1. The molecular formula is C15H13BrO. The molecule has 0 aromatic heterocycles. The third kappa shape index (κ3) is 3.21. The lowest BCUT2D eigenvalue weighted by Crippen LogP contribution is -1.86. The molecule has 2 heteroatoms. The van der Waals surface area contributed by atoms with Crippen LogP contribution in [0.1, 0.15) is 11.1 Å².